The number of rotatable bonds is 4. The molecule has 0 fully saturated rings. The van der Waals surface area contributed by atoms with Crippen molar-refractivity contribution < 1.29 is 5.11 Å². The molecule has 1 heteroatoms. The van der Waals surface area contributed by atoms with Crippen molar-refractivity contribution in [3.8, 4) is 0 Å². The molecule has 0 saturated heterocycles. The van der Waals surface area contributed by atoms with Crippen LogP contribution in [0.1, 0.15) is 26.7 Å². The fourth-order valence-corrected chi connectivity index (χ4v) is 0.831. The zero-order chi connectivity index (χ0) is 7.28. The molecule has 0 rings (SSSR count). The molecular formula is C8H16O. The molecule has 0 aromatic heterocycles. The molecule has 0 heterocycles. The number of hydrogen-bond donors (Lipinski definition) is 1. The molecule has 0 aliphatic carbocycles. The van der Waals surface area contributed by atoms with E-state index in [0.717, 1.165) is 18.4 Å². The van der Waals surface area contributed by atoms with Crippen molar-refractivity contribution in [2.75, 3.05) is 6.61 Å². The molecule has 0 aromatic rings. The van der Waals surface area contributed by atoms with E-state index in [1.807, 2.05) is 6.92 Å². The topological polar surface area (TPSA) is 20.2 Å². The molecule has 1 nitrogen and oxygen atoms in total. The molecule has 0 radical (unpaired) electrons. The Kier molecular flexibility index (Phi) is 4.41. The summed E-state index contributed by atoms with van der Waals surface area (Å²) >= 11 is 0. The quantitative estimate of drug-likeness (QED) is 0.574. The molecule has 0 aromatic carbocycles. The Balaban J connectivity index is 3.43. The minimum absolute atomic E-state index is 0.295. The highest BCUT2D eigenvalue weighted by molar-refractivity contribution is 4.89. The normalized spacial score (nSPS) is 13.2. The first kappa shape index (κ1) is 8.70. The Morgan fingerprint density at radius 2 is 2.22 bits per heavy atom. The van der Waals surface area contributed by atoms with Gasteiger partial charge >= 0.3 is 0 Å². The summed E-state index contributed by atoms with van der Waals surface area (Å²) in [6, 6.07) is 0. The Morgan fingerprint density at radius 3 is 2.33 bits per heavy atom. The maximum atomic E-state index is 8.73. The van der Waals surface area contributed by atoms with Gasteiger partial charge in [0.2, 0.25) is 0 Å². The van der Waals surface area contributed by atoms with Gasteiger partial charge in [0.1, 0.15) is 0 Å². The van der Waals surface area contributed by atoms with Gasteiger partial charge in [-0.3, -0.25) is 0 Å². The average molecular weight is 128 g/mol. The summed E-state index contributed by atoms with van der Waals surface area (Å²) in [5.41, 5.74) is 1.16. The van der Waals surface area contributed by atoms with E-state index in [1.54, 1.807) is 0 Å². The van der Waals surface area contributed by atoms with Gasteiger partial charge < -0.3 is 5.11 Å². The van der Waals surface area contributed by atoms with Crippen LogP contribution in [0.15, 0.2) is 12.2 Å². The van der Waals surface area contributed by atoms with Crippen molar-refractivity contribution in [1.82, 2.24) is 0 Å². The smallest absolute Gasteiger partial charge is 0.0462 e. The van der Waals surface area contributed by atoms with Crippen LogP contribution in [0.2, 0.25) is 0 Å². The summed E-state index contributed by atoms with van der Waals surface area (Å²) in [5.74, 6) is 0.433. The third-order valence-electron chi connectivity index (χ3n) is 1.47. The van der Waals surface area contributed by atoms with Gasteiger partial charge in [0.25, 0.3) is 0 Å². The van der Waals surface area contributed by atoms with Gasteiger partial charge in [-0.05, 0) is 19.3 Å². The zero-order valence-electron chi connectivity index (χ0n) is 6.35. The summed E-state index contributed by atoms with van der Waals surface area (Å²) < 4.78 is 0. The van der Waals surface area contributed by atoms with Crippen LogP contribution < -0.4 is 0 Å². The van der Waals surface area contributed by atoms with Crippen LogP contribution in [0.5, 0.6) is 0 Å². The van der Waals surface area contributed by atoms with Gasteiger partial charge in [-0.15, -0.1) is 6.58 Å². The maximum Gasteiger partial charge on any atom is 0.0462 e. The van der Waals surface area contributed by atoms with E-state index in [-0.39, 0.29) is 0 Å². The van der Waals surface area contributed by atoms with Crippen LogP contribution in [0, 0.1) is 5.92 Å². The van der Waals surface area contributed by atoms with E-state index in [2.05, 4.69) is 13.5 Å². The van der Waals surface area contributed by atoms with Gasteiger partial charge in [0, 0.05) is 6.61 Å². The van der Waals surface area contributed by atoms with E-state index in [4.69, 9.17) is 5.11 Å². The van der Waals surface area contributed by atoms with E-state index < -0.39 is 0 Å². The number of allylic oxidation sites excluding steroid dienone is 1. The van der Waals surface area contributed by atoms with E-state index in [0.29, 0.717) is 12.5 Å². The Labute approximate surface area is 57.4 Å². The minimum Gasteiger partial charge on any atom is -0.396 e. The van der Waals surface area contributed by atoms with Crippen LogP contribution in [0.3, 0.4) is 0 Å². The van der Waals surface area contributed by atoms with Crippen LogP contribution in [-0.2, 0) is 0 Å². The van der Waals surface area contributed by atoms with Crippen LogP contribution in [0.4, 0.5) is 0 Å². The lowest BCUT2D eigenvalue weighted by molar-refractivity contribution is 0.222. The molecule has 1 N–H and O–H groups in total. The molecule has 0 spiro atoms. The largest absolute Gasteiger partial charge is 0.396 e. The van der Waals surface area contributed by atoms with Crippen molar-refractivity contribution in [3.63, 3.8) is 0 Å². The third-order valence-corrected chi connectivity index (χ3v) is 1.47. The second-order valence-electron chi connectivity index (χ2n) is 2.62. The van der Waals surface area contributed by atoms with Crippen molar-refractivity contribution in [1.29, 1.82) is 0 Å². The Hall–Kier alpha value is -0.300. The lowest BCUT2D eigenvalue weighted by Crippen LogP contribution is -2.03. The van der Waals surface area contributed by atoms with Crippen molar-refractivity contribution >= 4 is 0 Å². The summed E-state index contributed by atoms with van der Waals surface area (Å²) in [5, 5.41) is 8.73. The van der Waals surface area contributed by atoms with E-state index in [9.17, 15) is 0 Å². The van der Waals surface area contributed by atoms with Crippen molar-refractivity contribution in [3.05, 3.63) is 12.2 Å². The van der Waals surface area contributed by atoms with Gasteiger partial charge in [-0.1, -0.05) is 18.9 Å². The molecular weight excluding hydrogens is 112 g/mol. The molecule has 0 saturated carbocycles. The van der Waals surface area contributed by atoms with E-state index >= 15 is 0 Å². The molecule has 54 valence electrons. The molecule has 0 bridgehead atoms. The lowest BCUT2D eigenvalue weighted by Gasteiger charge is -2.09. The first-order valence-corrected chi connectivity index (χ1v) is 3.46. The lowest BCUT2D eigenvalue weighted by atomic mass is 10.00. The fourth-order valence-electron chi connectivity index (χ4n) is 0.831. The Morgan fingerprint density at radius 1 is 1.67 bits per heavy atom. The predicted molar refractivity (Wildman–Crippen MR) is 40.3 cm³/mol. The second-order valence-corrected chi connectivity index (χ2v) is 2.62. The molecule has 0 aliphatic heterocycles. The highest BCUT2D eigenvalue weighted by Gasteiger charge is 2.02. The summed E-state index contributed by atoms with van der Waals surface area (Å²) in [6.45, 7) is 8.16. The summed E-state index contributed by atoms with van der Waals surface area (Å²) in [6.07, 6.45) is 2.01. The average Bonchev–Trinajstić information content (AvgIpc) is 1.82. The van der Waals surface area contributed by atoms with Crippen LogP contribution in [0.25, 0.3) is 0 Å². The highest BCUT2D eigenvalue weighted by Crippen LogP contribution is 2.11. The first-order chi connectivity index (χ1) is 4.20. The predicted octanol–water partition coefficient (Wildman–Crippen LogP) is 1.97. The number of hydrogen-bond acceptors (Lipinski definition) is 1. The first-order valence-electron chi connectivity index (χ1n) is 3.46. The maximum absolute atomic E-state index is 8.73. The molecule has 1 atom stereocenters. The standard InChI is InChI=1S/C8H16O/c1-4-8(6-9)5-7(2)3/h8-9H,2,4-6H2,1,3H3. The summed E-state index contributed by atoms with van der Waals surface area (Å²) in [7, 11) is 0. The van der Waals surface area contributed by atoms with Crippen molar-refractivity contribution in [2.45, 2.75) is 26.7 Å². The minimum atomic E-state index is 0.295. The Bertz CT molecular complexity index is 82.6. The summed E-state index contributed by atoms with van der Waals surface area (Å²) in [4.78, 5) is 0. The van der Waals surface area contributed by atoms with Gasteiger partial charge in [0.05, 0.1) is 0 Å². The zero-order valence-corrected chi connectivity index (χ0v) is 6.35. The van der Waals surface area contributed by atoms with Crippen LogP contribution >= 0.6 is 0 Å². The monoisotopic (exact) mass is 128 g/mol. The van der Waals surface area contributed by atoms with Gasteiger partial charge in [-0.2, -0.15) is 0 Å². The van der Waals surface area contributed by atoms with Gasteiger partial charge in [-0.25, -0.2) is 0 Å². The highest BCUT2D eigenvalue weighted by atomic mass is 16.3. The van der Waals surface area contributed by atoms with Crippen molar-refractivity contribution in [2.24, 2.45) is 5.92 Å². The number of aliphatic hydroxyl groups is 1. The van der Waals surface area contributed by atoms with E-state index in [1.165, 1.54) is 0 Å². The number of aliphatic hydroxyl groups excluding tert-OH is 1. The van der Waals surface area contributed by atoms with Gasteiger partial charge in [0.15, 0.2) is 0 Å². The van der Waals surface area contributed by atoms with Crippen LogP contribution in [-0.4, -0.2) is 11.7 Å². The molecule has 0 aliphatic rings. The fraction of sp³-hybridized carbons (Fsp3) is 0.750. The molecule has 9 heavy (non-hydrogen) atoms. The molecule has 1 unspecified atom stereocenters. The third kappa shape index (κ3) is 4.22. The molecule has 0 amide bonds. The SMILES string of the molecule is C=C(C)CC(CC)CO. The second kappa shape index (κ2) is 4.57.